The van der Waals surface area contributed by atoms with Crippen molar-refractivity contribution in [1.82, 2.24) is 0 Å². The van der Waals surface area contributed by atoms with E-state index in [1.54, 1.807) is 36.4 Å². The number of benzene rings is 1. The molecule has 0 fully saturated rings. The number of allylic oxidation sites excluding steroid dienone is 2. The van der Waals surface area contributed by atoms with Gasteiger partial charge in [-0.3, -0.25) is 0 Å². The molecule has 6 heteroatoms. The predicted octanol–water partition coefficient (Wildman–Crippen LogP) is 2.43. The SMILES string of the molecule is C=CCOc1c(/C=C(\C#N)C(N)=C(C#N)C#N)cccc1OC. The number of ether oxygens (including phenoxy) is 2. The highest BCUT2D eigenvalue weighted by Gasteiger charge is 2.12. The van der Waals surface area contributed by atoms with Crippen molar-refractivity contribution >= 4 is 6.08 Å². The molecule has 1 aromatic rings. The lowest BCUT2D eigenvalue weighted by Gasteiger charge is -2.12. The fourth-order valence-electron chi connectivity index (χ4n) is 1.71. The molecule has 0 aromatic heterocycles. The molecular weight excluding hydrogens is 292 g/mol. The molecule has 0 bridgehead atoms. The summed E-state index contributed by atoms with van der Waals surface area (Å²) in [6.45, 7) is 3.82. The van der Waals surface area contributed by atoms with Crippen LogP contribution in [-0.4, -0.2) is 13.7 Å². The first-order valence-corrected chi connectivity index (χ1v) is 6.45. The molecule has 23 heavy (non-hydrogen) atoms. The van der Waals surface area contributed by atoms with Crippen LogP contribution in [-0.2, 0) is 0 Å². The smallest absolute Gasteiger partial charge is 0.168 e. The highest BCUT2D eigenvalue weighted by atomic mass is 16.5. The van der Waals surface area contributed by atoms with Crippen LogP contribution < -0.4 is 15.2 Å². The second-order valence-corrected chi connectivity index (χ2v) is 4.16. The van der Waals surface area contributed by atoms with Crippen LogP contribution in [0.3, 0.4) is 0 Å². The number of nitrogens with zero attached hydrogens (tertiary/aromatic N) is 3. The summed E-state index contributed by atoms with van der Waals surface area (Å²) in [6, 6.07) is 10.3. The zero-order valence-electron chi connectivity index (χ0n) is 12.5. The Labute approximate surface area is 134 Å². The number of hydrogen-bond acceptors (Lipinski definition) is 6. The number of hydrogen-bond donors (Lipinski definition) is 1. The van der Waals surface area contributed by atoms with E-state index in [4.69, 9.17) is 25.7 Å². The van der Waals surface area contributed by atoms with Crippen LogP contribution in [0.25, 0.3) is 6.08 Å². The lowest BCUT2D eigenvalue weighted by molar-refractivity contribution is 0.326. The normalized spacial score (nSPS) is 9.74. The molecule has 6 nitrogen and oxygen atoms in total. The fraction of sp³-hybridized carbons (Fsp3) is 0.118. The Hall–Kier alpha value is -3.69. The summed E-state index contributed by atoms with van der Waals surface area (Å²) >= 11 is 0. The highest BCUT2D eigenvalue weighted by molar-refractivity contribution is 5.71. The molecule has 0 aliphatic heterocycles. The zero-order valence-corrected chi connectivity index (χ0v) is 12.5. The summed E-state index contributed by atoms with van der Waals surface area (Å²) in [5.74, 6) is 0.882. The Bertz CT molecular complexity index is 770. The number of nitrogens with two attached hydrogens (primary N) is 1. The van der Waals surface area contributed by atoms with E-state index in [9.17, 15) is 5.26 Å². The minimum Gasteiger partial charge on any atom is -0.493 e. The molecule has 0 unspecified atom stereocenters. The molecule has 1 aromatic carbocycles. The van der Waals surface area contributed by atoms with Gasteiger partial charge >= 0.3 is 0 Å². The molecule has 0 saturated heterocycles. The van der Waals surface area contributed by atoms with E-state index in [1.807, 2.05) is 6.07 Å². The summed E-state index contributed by atoms with van der Waals surface area (Å²) in [7, 11) is 1.49. The first kappa shape index (κ1) is 17.4. The first-order chi connectivity index (χ1) is 11.1. The fourth-order valence-corrected chi connectivity index (χ4v) is 1.71. The average Bonchev–Trinajstić information content (AvgIpc) is 2.58. The van der Waals surface area contributed by atoms with E-state index in [2.05, 4.69) is 6.58 Å². The largest absolute Gasteiger partial charge is 0.493 e. The van der Waals surface area contributed by atoms with Gasteiger partial charge in [-0.2, -0.15) is 15.8 Å². The standard InChI is InChI=1S/C17H14N4O2/c1-3-7-23-17-12(5-4-6-15(17)22-2)8-13(9-18)16(21)14(10-19)11-20/h3-6,8H,1,7,21H2,2H3/b13-8+. The number of methoxy groups -OCH3 is 1. The second-order valence-electron chi connectivity index (χ2n) is 4.16. The summed E-state index contributed by atoms with van der Waals surface area (Å²) in [5, 5.41) is 27.0. The molecule has 0 aliphatic rings. The van der Waals surface area contributed by atoms with Crippen molar-refractivity contribution in [1.29, 1.82) is 15.8 Å². The van der Waals surface area contributed by atoms with Gasteiger partial charge < -0.3 is 15.2 Å². The summed E-state index contributed by atoms with van der Waals surface area (Å²) in [4.78, 5) is 0. The van der Waals surface area contributed by atoms with E-state index in [0.717, 1.165) is 0 Å². The van der Waals surface area contributed by atoms with E-state index in [-0.39, 0.29) is 23.5 Å². The second kappa shape index (κ2) is 8.56. The first-order valence-electron chi connectivity index (χ1n) is 6.45. The topological polar surface area (TPSA) is 116 Å². The van der Waals surface area contributed by atoms with Crippen molar-refractivity contribution in [2.24, 2.45) is 5.73 Å². The molecule has 0 spiro atoms. The van der Waals surface area contributed by atoms with Crippen molar-refractivity contribution in [2.75, 3.05) is 13.7 Å². The van der Waals surface area contributed by atoms with E-state index in [0.29, 0.717) is 17.1 Å². The highest BCUT2D eigenvalue weighted by Crippen LogP contribution is 2.33. The molecule has 0 radical (unpaired) electrons. The quantitative estimate of drug-likeness (QED) is 0.490. The van der Waals surface area contributed by atoms with E-state index in [1.165, 1.54) is 13.2 Å². The maximum atomic E-state index is 9.25. The average molecular weight is 306 g/mol. The number of nitriles is 3. The van der Waals surface area contributed by atoms with Crippen molar-refractivity contribution in [3.05, 3.63) is 53.3 Å². The Morgan fingerprint density at radius 1 is 1.26 bits per heavy atom. The van der Waals surface area contributed by atoms with Gasteiger partial charge in [0.25, 0.3) is 0 Å². The van der Waals surface area contributed by atoms with E-state index < -0.39 is 0 Å². The molecule has 0 amide bonds. The van der Waals surface area contributed by atoms with Gasteiger partial charge in [0.05, 0.1) is 18.4 Å². The summed E-state index contributed by atoms with van der Waals surface area (Å²) < 4.78 is 10.8. The Morgan fingerprint density at radius 2 is 1.96 bits per heavy atom. The third kappa shape index (κ3) is 4.14. The molecule has 114 valence electrons. The van der Waals surface area contributed by atoms with Gasteiger partial charge in [0.2, 0.25) is 0 Å². The predicted molar refractivity (Wildman–Crippen MR) is 84.7 cm³/mol. The van der Waals surface area contributed by atoms with Crippen LogP contribution in [0.2, 0.25) is 0 Å². The van der Waals surface area contributed by atoms with Gasteiger partial charge in [-0.15, -0.1) is 0 Å². The number of rotatable bonds is 6. The van der Waals surface area contributed by atoms with Crippen molar-refractivity contribution in [3.8, 4) is 29.7 Å². The van der Waals surface area contributed by atoms with Crippen LogP contribution in [0.5, 0.6) is 11.5 Å². The van der Waals surface area contributed by atoms with Crippen molar-refractivity contribution in [3.63, 3.8) is 0 Å². The van der Waals surface area contributed by atoms with Gasteiger partial charge in [-0.25, -0.2) is 0 Å². The molecular formula is C17H14N4O2. The third-order valence-electron chi connectivity index (χ3n) is 2.78. The number of para-hydroxylation sites is 1. The summed E-state index contributed by atoms with van der Waals surface area (Å²) in [5.41, 5.74) is 5.72. The maximum Gasteiger partial charge on any atom is 0.168 e. The van der Waals surface area contributed by atoms with Crippen LogP contribution in [0.4, 0.5) is 0 Å². The van der Waals surface area contributed by atoms with Gasteiger partial charge in [0, 0.05) is 5.56 Å². The van der Waals surface area contributed by atoms with Crippen LogP contribution in [0.15, 0.2) is 47.7 Å². The molecule has 0 heterocycles. The maximum absolute atomic E-state index is 9.25. The molecule has 1 rings (SSSR count). The zero-order chi connectivity index (χ0) is 17.2. The lowest BCUT2D eigenvalue weighted by atomic mass is 10.1. The van der Waals surface area contributed by atoms with Gasteiger partial charge in [0.15, 0.2) is 17.1 Å². The van der Waals surface area contributed by atoms with Gasteiger partial charge in [0.1, 0.15) is 24.8 Å². The Morgan fingerprint density at radius 3 is 2.48 bits per heavy atom. The minimum atomic E-state index is -0.325. The van der Waals surface area contributed by atoms with Gasteiger partial charge in [-0.05, 0) is 12.1 Å². The van der Waals surface area contributed by atoms with Crippen molar-refractivity contribution in [2.45, 2.75) is 0 Å². The van der Waals surface area contributed by atoms with Crippen LogP contribution in [0, 0.1) is 34.0 Å². The molecule has 0 atom stereocenters. The molecule has 2 N–H and O–H groups in total. The molecule has 0 saturated carbocycles. The van der Waals surface area contributed by atoms with E-state index >= 15 is 0 Å². The minimum absolute atomic E-state index is 0.0141. The van der Waals surface area contributed by atoms with Crippen LogP contribution >= 0.6 is 0 Å². The summed E-state index contributed by atoms with van der Waals surface area (Å²) in [6.07, 6.45) is 3.01. The third-order valence-corrected chi connectivity index (χ3v) is 2.78. The van der Waals surface area contributed by atoms with Crippen LogP contribution in [0.1, 0.15) is 5.56 Å². The van der Waals surface area contributed by atoms with Crippen molar-refractivity contribution < 1.29 is 9.47 Å². The van der Waals surface area contributed by atoms with Gasteiger partial charge in [-0.1, -0.05) is 24.8 Å². The Balaban J connectivity index is 3.49. The lowest BCUT2D eigenvalue weighted by Crippen LogP contribution is -2.04. The monoisotopic (exact) mass is 306 g/mol. The Kier molecular flexibility index (Phi) is 6.46. The molecule has 0 aliphatic carbocycles.